The molecule has 0 radical (unpaired) electrons. The van der Waals surface area contributed by atoms with Crippen molar-refractivity contribution in [3.8, 4) is 0 Å². The molecule has 0 bridgehead atoms. The lowest BCUT2D eigenvalue weighted by molar-refractivity contribution is -0.127. The van der Waals surface area contributed by atoms with Crippen LogP contribution in [0.2, 0.25) is 5.02 Å². The summed E-state index contributed by atoms with van der Waals surface area (Å²) < 4.78 is 5.49. The van der Waals surface area contributed by atoms with Gasteiger partial charge in [0.1, 0.15) is 0 Å². The number of carbonyl (C=O) groups excluding carboxylic acids is 2. The highest BCUT2D eigenvalue weighted by Gasteiger charge is 2.30. The van der Waals surface area contributed by atoms with Crippen LogP contribution in [0.1, 0.15) is 51.2 Å². The molecule has 0 aromatic heterocycles. The van der Waals surface area contributed by atoms with Crippen LogP contribution >= 0.6 is 11.6 Å². The van der Waals surface area contributed by atoms with Crippen molar-refractivity contribution < 1.29 is 14.3 Å². The van der Waals surface area contributed by atoms with E-state index in [1.807, 2.05) is 46.8 Å². The third kappa shape index (κ3) is 7.25. The van der Waals surface area contributed by atoms with E-state index in [0.29, 0.717) is 23.9 Å². The number of likely N-dealkylation sites (tertiary alicyclic amines) is 1. The maximum absolute atomic E-state index is 12.8. The van der Waals surface area contributed by atoms with Gasteiger partial charge in [-0.25, -0.2) is 0 Å². The number of anilines is 1. The summed E-state index contributed by atoms with van der Waals surface area (Å²) in [5, 5.41) is 6.55. The highest BCUT2D eigenvalue weighted by atomic mass is 35.5. The molecule has 1 atom stereocenters. The Bertz CT molecular complexity index is 707. The molecule has 30 heavy (non-hydrogen) atoms. The van der Waals surface area contributed by atoms with E-state index in [2.05, 4.69) is 15.5 Å². The normalized spacial score (nSPS) is 16.5. The van der Waals surface area contributed by atoms with Crippen molar-refractivity contribution in [1.82, 2.24) is 10.2 Å². The summed E-state index contributed by atoms with van der Waals surface area (Å²) in [5.74, 6) is 0.0478. The monoisotopic (exact) mass is 437 g/mol. The predicted octanol–water partition coefficient (Wildman–Crippen LogP) is 3.93. The number of hydrogen-bond acceptors (Lipinski definition) is 4. The van der Waals surface area contributed by atoms with Gasteiger partial charge in [0.25, 0.3) is 0 Å². The van der Waals surface area contributed by atoms with Crippen LogP contribution in [0.4, 0.5) is 5.69 Å². The third-order valence-corrected chi connectivity index (χ3v) is 5.88. The van der Waals surface area contributed by atoms with Crippen molar-refractivity contribution in [2.75, 3.05) is 31.6 Å². The highest BCUT2D eigenvalue weighted by Crippen LogP contribution is 2.28. The Balaban J connectivity index is 1.77. The number of piperidine rings is 1. The fourth-order valence-electron chi connectivity index (χ4n) is 3.76. The van der Waals surface area contributed by atoms with Crippen molar-refractivity contribution in [3.63, 3.8) is 0 Å². The van der Waals surface area contributed by atoms with Gasteiger partial charge in [0, 0.05) is 19.1 Å². The molecule has 1 fully saturated rings. The van der Waals surface area contributed by atoms with E-state index < -0.39 is 0 Å². The molecule has 0 saturated carbocycles. The number of halogens is 1. The first-order chi connectivity index (χ1) is 14.2. The smallest absolute Gasteiger partial charge is 0.241 e. The maximum Gasteiger partial charge on any atom is 0.241 e. The Kier molecular flexibility index (Phi) is 9.59. The molecule has 0 aliphatic carbocycles. The Morgan fingerprint density at radius 2 is 1.87 bits per heavy atom. The molecular formula is C23H36ClN3O3. The maximum atomic E-state index is 12.8. The Labute approximate surface area is 185 Å². The third-order valence-electron chi connectivity index (χ3n) is 5.58. The van der Waals surface area contributed by atoms with E-state index in [0.717, 1.165) is 43.5 Å². The molecular weight excluding hydrogens is 402 g/mol. The second-order valence-electron chi connectivity index (χ2n) is 8.48. The second kappa shape index (κ2) is 11.7. The number of amides is 2. The zero-order chi connectivity index (χ0) is 22.3. The number of aryl methyl sites for hydroxylation is 2. The number of rotatable bonds is 9. The van der Waals surface area contributed by atoms with E-state index >= 15 is 0 Å². The molecule has 2 N–H and O–H groups in total. The molecule has 2 amide bonds. The molecule has 168 valence electrons. The van der Waals surface area contributed by atoms with E-state index in [4.69, 9.17) is 16.3 Å². The number of carbonyl (C=O) groups is 2. The van der Waals surface area contributed by atoms with Crippen molar-refractivity contribution in [2.45, 2.75) is 66.0 Å². The predicted molar refractivity (Wildman–Crippen MR) is 122 cm³/mol. The number of nitrogens with one attached hydrogen (secondary N) is 2. The van der Waals surface area contributed by atoms with Crippen LogP contribution in [0.15, 0.2) is 12.1 Å². The van der Waals surface area contributed by atoms with Crippen molar-refractivity contribution in [1.29, 1.82) is 0 Å². The van der Waals surface area contributed by atoms with Gasteiger partial charge in [-0.15, -0.1) is 0 Å². The lowest BCUT2D eigenvalue weighted by Gasteiger charge is -2.34. The molecule has 2 rings (SSSR count). The molecule has 1 aliphatic heterocycles. The summed E-state index contributed by atoms with van der Waals surface area (Å²) in [6, 6.07) is 3.58. The van der Waals surface area contributed by atoms with Gasteiger partial charge >= 0.3 is 0 Å². The molecule has 6 nitrogen and oxygen atoms in total. The summed E-state index contributed by atoms with van der Waals surface area (Å²) in [5.41, 5.74) is 2.70. The average Bonchev–Trinajstić information content (AvgIpc) is 2.69. The SMILES string of the molecule is Cc1cc(C)c(NC(=O)C(C)N2CCC(C(=O)NCCCOC(C)C)CC2)c(Cl)c1. The molecule has 1 aliphatic rings. The van der Waals surface area contributed by atoms with Gasteiger partial charge < -0.3 is 15.4 Å². The van der Waals surface area contributed by atoms with Gasteiger partial charge in [-0.3, -0.25) is 14.5 Å². The van der Waals surface area contributed by atoms with E-state index in [-0.39, 0.29) is 29.9 Å². The number of ether oxygens (including phenoxy) is 1. The molecule has 1 aromatic rings. The quantitative estimate of drug-likeness (QED) is 0.574. The Morgan fingerprint density at radius 3 is 2.47 bits per heavy atom. The largest absolute Gasteiger partial charge is 0.379 e. The first kappa shape index (κ1) is 24.6. The van der Waals surface area contributed by atoms with Crippen molar-refractivity contribution in [2.24, 2.45) is 5.92 Å². The van der Waals surface area contributed by atoms with Gasteiger partial charge in [-0.05, 0) is 84.2 Å². The zero-order valence-corrected chi connectivity index (χ0v) is 19.6. The van der Waals surface area contributed by atoms with Crippen LogP contribution in [0, 0.1) is 19.8 Å². The lowest BCUT2D eigenvalue weighted by atomic mass is 9.95. The fourth-order valence-corrected chi connectivity index (χ4v) is 4.13. The van der Waals surface area contributed by atoms with Gasteiger partial charge in [-0.2, -0.15) is 0 Å². The van der Waals surface area contributed by atoms with E-state index in [1.54, 1.807) is 0 Å². The molecule has 1 unspecified atom stereocenters. The van der Waals surface area contributed by atoms with Crippen molar-refractivity contribution >= 4 is 29.1 Å². The standard InChI is InChI=1S/C23H36ClN3O3/c1-15(2)30-12-6-9-25-23(29)19-7-10-27(11-8-19)18(5)22(28)26-21-17(4)13-16(3)14-20(21)24/h13-15,18-19H,6-12H2,1-5H3,(H,25,29)(H,26,28). The van der Waals surface area contributed by atoms with Crippen molar-refractivity contribution in [3.05, 3.63) is 28.3 Å². The minimum absolute atomic E-state index is 0.0105. The van der Waals surface area contributed by atoms with Crippen LogP contribution in [0.5, 0.6) is 0 Å². The second-order valence-corrected chi connectivity index (χ2v) is 8.89. The van der Waals surface area contributed by atoms with Crippen LogP contribution in [0.3, 0.4) is 0 Å². The van der Waals surface area contributed by atoms with E-state index in [9.17, 15) is 9.59 Å². The van der Waals surface area contributed by atoms with Gasteiger partial charge in [0.2, 0.25) is 11.8 Å². The summed E-state index contributed by atoms with van der Waals surface area (Å²) in [4.78, 5) is 27.3. The molecule has 1 heterocycles. The number of hydrogen-bond donors (Lipinski definition) is 2. The molecule has 7 heteroatoms. The first-order valence-corrected chi connectivity index (χ1v) is 11.3. The topological polar surface area (TPSA) is 70.7 Å². The Hall–Kier alpha value is -1.63. The fraction of sp³-hybridized carbons (Fsp3) is 0.652. The summed E-state index contributed by atoms with van der Waals surface area (Å²) >= 11 is 6.32. The first-order valence-electron chi connectivity index (χ1n) is 10.9. The van der Waals surface area contributed by atoms with Crippen LogP contribution < -0.4 is 10.6 Å². The van der Waals surface area contributed by atoms with Crippen LogP contribution in [-0.4, -0.2) is 55.1 Å². The molecule has 1 aromatic carbocycles. The summed E-state index contributed by atoms with van der Waals surface area (Å²) in [7, 11) is 0. The van der Waals surface area contributed by atoms with E-state index in [1.165, 1.54) is 0 Å². The Morgan fingerprint density at radius 1 is 1.20 bits per heavy atom. The minimum atomic E-state index is -0.279. The number of benzene rings is 1. The molecule has 0 spiro atoms. The highest BCUT2D eigenvalue weighted by molar-refractivity contribution is 6.34. The number of nitrogens with zero attached hydrogens (tertiary/aromatic N) is 1. The van der Waals surface area contributed by atoms with Gasteiger partial charge in [0.15, 0.2) is 0 Å². The average molecular weight is 438 g/mol. The lowest BCUT2D eigenvalue weighted by Crippen LogP contribution is -2.48. The van der Waals surface area contributed by atoms with Crippen LogP contribution in [-0.2, 0) is 14.3 Å². The minimum Gasteiger partial charge on any atom is -0.379 e. The van der Waals surface area contributed by atoms with Gasteiger partial charge in [0.05, 0.1) is 22.9 Å². The van der Waals surface area contributed by atoms with Gasteiger partial charge in [-0.1, -0.05) is 17.7 Å². The van der Waals surface area contributed by atoms with Crippen LogP contribution in [0.25, 0.3) is 0 Å². The summed E-state index contributed by atoms with van der Waals surface area (Å²) in [6.07, 6.45) is 2.56. The molecule has 1 saturated heterocycles. The zero-order valence-electron chi connectivity index (χ0n) is 18.9. The summed E-state index contributed by atoms with van der Waals surface area (Å²) in [6.45, 7) is 12.6.